The van der Waals surface area contributed by atoms with E-state index in [1.165, 1.54) is 12.8 Å². The summed E-state index contributed by atoms with van der Waals surface area (Å²) < 4.78 is 26.3. The van der Waals surface area contributed by atoms with Crippen LogP contribution in [0.3, 0.4) is 0 Å². The summed E-state index contributed by atoms with van der Waals surface area (Å²) in [5.74, 6) is -0.928. The Morgan fingerprint density at radius 2 is 1.83 bits per heavy atom. The van der Waals surface area contributed by atoms with Gasteiger partial charge in [-0.05, 0) is 50.5 Å². The lowest BCUT2D eigenvalue weighted by Crippen LogP contribution is -2.50. The summed E-state index contributed by atoms with van der Waals surface area (Å²) in [6.07, 6.45) is 5.32. The van der Waals surface area contributed by atoms with Gasteiger partial charge in [0.05, 0.1) is 0 Å². The summed E-state index contributed by atoms with van der Waals surface area (Å²) in [5, 5.41) is 3.52. The third kappa shape index (κ3) is 3.57. The van der Waals surface area contributed by atoms with Crippen LogP contribution < -0.4 is 5.32 Å². The van der Waals surface area contributed by atoms with E-state index in [1.807, 2.05) is 0 Å². The van der Waals surface area contributed by atoms with Gasteiger partial charge >= 0.3 is 0 Å². The Morgan fingerprint density at radius 3 is 2.33 bits per heavy atom. The van der Waals surface area contributed by atoms with Gasteiger partial charge in [0, 0.05) is 24.3 Å². The first-order valence-electron chi connectivity index (χ1n) is 7.14. The second-order valence-corrected chi connectivity index (χ2v) is 6.71. The fourth-order valence-electron chi connectivity index (χ4n) is 3.25. The third-order valence-electron chi connectivity index (χ3n) is 4.76. The largest absolute Gasteiger partial charge is 0.310 e. The summed E-state index contributed by atoms with van der Waals surface area (Å²) in [5.41, 5.74) is 0.00589. The monoisotopic (exact) mass is 279 g/mol. The van der Waals surface area contributed by atoms with Crippen molar-refractivity contribution in [2.24, 2.45) is 11.8 Å². The molecule has 1 N–H and O–H groups in total. The molecule has 18 heavy (non-hydrogen) atoms. The predicted molar refractivity (Wildman–Crippen MR) is 71.4 cm³/mol. The second-order valence-electron chi connectivity index (χ2n) is 6.44. The molecule has 1 atom stereocenters. The molecule has 0 saturated heterocycles. The zero-order valence-electron chi connectivity index (χ0n) is 11.2. The first-order valence-corrected chi connectivity index (χ1v) is 7.67. The van der Waals surface area contributed by atoms with Gasteiger partial charge in [0.25, 0.3) is 0 Å². The van der Waals surface area contributed by atoms with E-state index in [-0.39, 0.29) is 24.3 Å². The van der Waals surface area contributed by atoms with E-state index in [1.54, 1.807) is 0 Å². The van der Waals surface area contributed by atoms with Crippen LogP contribution in [0.25, 0.3) is 0 Å². The van der Waals surface area contributed by atoms with Gasteiger partial charge in [-0.1, -0.05) is 6.92 Å². The number of alkyl halides is 3. The summed E-state index contributed by atoms with van der Waals surface area (Å²) in [6.45, 7) is 2.98. The smallest absolute Gasteiger partial charge is 0.248 e. The van der Waals surface area contributed by atoms with Crippen molar-refractivity contribution in [1.82, 2.24) is 5.32 Å². The highest BCUT2D eigenvalue weighted by Crippen LogP contribution is 2.39. The van der Waals surface area contributed by atoms with Gasteiger partial charge in [0.1, 0.15) is 0 Å². The zero-order valence-corrected chi connectivity index (χ0v) is 11.9. The molecule has 0 aromatic carbocycles. The van der Waals surface area contributed by atoms with Crippen molar-refractivity contribution in [2.45, 2.75) is 63.3 Å². The van der Waals surface area contributed by atoms with Gasteiger partial charge in [-0.15, -0.1) is 11.6 Å². The van der Waals surface area contributed by atoms with E-state index < -0.39 is 5.92 Å². The van der Waals surface area contributed by atoms with Gasteiger partial charge in [0.15, 0.2) is 0 Å². The summed E-state index contributed by atoms with van der Waals surface area (Å²) in [4.78, 5) is 0. The molecule has 0 radical (unpaired) electrons. The second kappa shape index (κ2) is 5.62. The Balaban J connectivity index is 1.81. The van der Waals surface area contributed by atoms with Gasteiger partial charge in [-0.2, -0.15) is 0 Å². The van der Waals surface area contributed by atoms with Crippen molar-refractivity contribution >= 4 is 11.6 Å². The van der Waals surface area contributed by atoms with Crippen molar-refractivity contribution in [3.8, 4) is 0 Å². The fourth-order valence-corrected chi connectivity index (χ4v) is 3.61. The van der Waals surface area contributed by atoms with Gasteiger partial charge in [-0.3, -0.25) is 0 Å². The van der Waals surface area contributed by atoms with E-state index in [0.717, 1.165) is 18.8 Å². The Labute approximate surface area is 114 Å². The van der Waals surface area contributed by atoms with Crippen molar-refractivity contribution in [2.75, 3.05) is 12.4 Å². The summed E-state index contributed by atoms with van der Waals surface area (Å²) in [7, 11) is 0. The molecule has 0 aliphatic heterocycles. The van der Waals surface area contributed by atoms with Crippen LogP contribution in [0.15, 0.2) is 0 Å². The molecule has 2 aliphatic carbocycles. The molecule has 4 heteroatoms. The molecule has 0 amide bonds. The first-order chi connectivity index (χ1) is 8.45. The van der Waals surface area contributed by atoms with Crippen LogP contribution in [0.4, 0.5) is 8.78 Å². The lowest BCUT2D eigenvalue weighted by atomic mass is 9.78. The van der Waals surface area contributed by atoms with Crippen LogP contribution in [0.5, 0.6) is 0 Å². The van der Waals surface area contributed by atoms with Crippen LogP contribution in [0.1, 0.15) is 51.9 Å². The molecule has 2 rings (SSSR count). The minimum absolute atomic E-state index is 0.00589. The fraction of sp³-hybridized carbons (Fsp3) is 1.00. The van der Waals surface area contributed by atoms with Crippen LogP contribution >= 0.6 is 11.6 Å². The van der Waals surface area contributed by atoms with Crippen molar-refractivity contribution in [3.63, 3.8) is 0 Å². The number of halogens is 3. The molecule has 106 valence electrons. The zero-order chi connectivity index (χ0) is 13.2. The van der Waals surface area contributed by atoms with Crippen LogP contribution in [0.2, 0.25) is 0 Å². The highest BCUT2D eigenvalue weighted by atomic mass is 35.5. The van der Waals surface area contributed by atoms with E-state index in [4.69, 9.17) is 11.6 Å². The molecule has 0 aromatic rings. The van der Waals surface area contributed by atoms with Gasteiger partial charge in [0.2, 0.25) is 5.92 Å². The maximum atomic E-state index is 13.1. The Hall–Kier alpha value is 0.110. The molecule has 0 heterocycles. The predicted octanol–water partition coefficient (Wildman–Crippen LogP) is 4.20. The highest BCUT2D eigenvalue weighted by molar-refractivity contribution is 6.18. The molecule has 0 aromatic heterocycles. The van der Waals surface area contributed by atoms with E-state index >= 15 is 0 Å². The molecule has 2 fully saturated rings. The Bertz CT molecular complexity index is 275. The van der Waals surface area contributed by atoms with Crippen LogP contribution in [-0.4, -0.2) is 23.9 Å². The number of hydrogen-bond donors (Lipinski definition) is 1. The van der Waals surface area contributed by atoms with E-state index in [2.05, 4.69) is 12.2 Å². The summed E-state index contributed by atoms with van der Waals surface area (Å²) >= 11 is 6.12. The average molecular weight is 280 g/mol. The normalized spacial score (nSPS) is 40.0. The highest BCUT2D eigenvalue weighted by Gasteiger charge is 2.40. The number of rotatable bonds is 4. The Morgan fingerprint density at radius 1 is 1.17 bits per heavy atom. The molecule has 1 unspecified atom stereocenters. The van der Waals surface area contributed by atoms with Crippen molar-refractivity contribution in [3.05, 3.63) is 0 Å². The van der Waals surface area contributed by atoms with Crippen molar-refractivity contribution in [1.29, 1.82) is 0 Å². The number of nitrogens with one attached hydrogen (secondary N) is 1. The first kappa shape index (κ1) is 14.5. The van der Waals surface area contributed by atoms with E-state index in [0.29, 0.717) is 18.8 Å². The minimum Gasteiger partial charge on any atom is -0.310 e. The minimum atomic E-state index is -2.43. The lowest BCUT2D eigenvalue weighted by Gasteiger charge is -2.39. The average Bonchev–Trinajstić information content (AvgIpc) is 2.69. The van der Waals surface area contributed by atoms with Gasteiger partial charge < -0.3 is 5.32 Å². The molecule has 1 nitrogen and oxygen atoms in total. The quantitative estimate of drug-likeness (QED) is 0.761. The number of hydrogen-bond acceptors (Lipinski definition) is 1. The molecule has 2 aliphatic rings. The lowest BCUT2D eigenvalue weighted by molar-refractivity contribution is 0.00465. The molecular formula is C14H24ClF2N. The van der Waals surface area contributed by atoms with Crippen molar-refractivity contribution < 1.29 is 8.78 Å². The molecule has 0 bridgehead atoms. The molecule has 2 saturated carbocycles. The molecular weight excluding hydrogens is 256 g/mol. The summed E-state index contributed by atoms with van der Waals surface area (Å²) in [6, 6.07) is 0. The maximum absolute atomic E-state index is 13.1. The third-order valence-corrected chi connectivity index (χ3v) is 5.27. The van der Waals surface area contributed by atoms with E-state index in [9.17, 15) is 8.78 Å². The van der Waals surface area contributed by atoms with Crippen LogP contribution in [-0.2, 0) is 0 Å². The maximum Gasteiger partial charge on any atom is 0.248 e. The van der Waals surface area contributed by atoms with Crippen LogP contribution in [0, 0.1) is 11.8 Å². The SMILES string of the molecule is CC1CCC(CCl)(NCC2CCC(F)(F)C2)CC1. The topological polar surface area (TPSA) is 12.0 Å². The standard InChI is InChI=1S/C14H24ClF2N/c1-11-2-5-13(10-15,6-3-11)18-9-12-4-7-14(16,17)8-12/h11-12,18H,2-10H2,1H3. The Kier molecular flexibility index (Phi) is 4.53. The van der Waals surface area contributed by atoms with Gasteiger partial charge in [-0.25, -0.2) is 8.78 Å². The molecule has 0 spiro atoms.